The maximum atomic E-state index is 12.0. The predicted molar refractivity (Wildman–Crippen MR) is 81.4 cm³/mol. The summed E-state index contributed by atoms with van der Waals surface area (Å²) in [6.45, 7) is 5.94. The van der Waals surface area contributed by atoms with E-state index in [0.29, 0.717) is 22.8 Å². The zero-order chi connectivity index (χ0) is 15.6. The second-order valence-electron chi connectivity index (χ2n) is 5.33. The van der Waals surface area contributed by atoms with Gasteiger partial charge in [-0.05, 0) is 30.0 Å². The van der Waals surface area contributed by atoms with E-state index in [-0.39, 0.29) is 5.91 Å². The number of rotatable bonds is 3. The number of methoxy groups -OCH3 is 1. The van der Waals surface area contributed by atoms with E-state index in [4.69, 9.17) is 4.74 Å². The third kappa shape index (κ3) is 3.05. The second kappa shape index (κ2) is 5.95. The number of amides is 1. The zero-order valence-corrected chi connectivity index (χ0v) is 12.7. The molecule has 0 atom stereocenters. The molecule has 0 saturated heterocycles. The van der Waals surface area contributed by atoms with E-state index in [1.807, 2.05) is 24.3 Å². The smallest absolute Gasteiger partial charge is 0.340 e. The molecule has 0 aromatic heterocycles. The van der Waals surface area contributed by atoms with Gasteiger partial charge in [0.1, 0.15) is 0 Å². The number of hydrogen-bond donors (Lipinski definition) is 1. The average Bonchev–Trinajstić information content (AvgIpc) is 2.73. The molecule has 1 heterocycles. The van der Waals surface area contributed by atoms with Gasteiger partial charge in [-0.2, -0.15) is 0 Å². The number of ether oxygens (including phenoxy) is 1. The van der Waals surface area contributed by atoms with Crippen molar-refractivity contribution in [2.75, 3.05) is 7.11 Å². The molecule has 1 aromatic carbocycles. The van der Waals surface area contributed by atoms with Crippen LogP contribution < -0.4 is 5.32 Å². The lowest BCUT2D eigenvalue weighted by molar-refractivity contribution is -0.136. The number of esters is 1. The van der Waals surface area contributed by atoms with E-state index >= 15 is 0 Å². The molecule has 0 fully saturated rings. The van der Waals surface area contributed by atoms with Crippen LogP contribution in [0.1, 0.15) is 37.8 Å². The molecule has 4 heteroatoms. The number of nitrogens with one attached hydrogen (secondary N) is 1. The van der Waals surface area contributed by atoms with Crippen LogP contribution in [-0.2, 0) is 14.3 Å². The van der Waals surface area contributed by atoms with Crippen LogP contribution in [0.15, 0.2) is 41.1 Å². The van der Waals surface area contributed by atoms with Gasteiger partial charge >= 0.3 is 5.97 Å². The Morgan fingerprint density at radius 2 is 1.86 bits per heavy atom. The highest BCUT2D eigenvalue weighted by Gasteiger charge is 2.30. The Morgan fingerprint density at radius 3 is 2.38 bits per heavy atom. The summed E-state index contributed by atoms with van der Waals surface area (Å²) in [7, 11) is 1.31. The normalized spacial score (nSPS) is 16.6. The van der Waals surface area contributed by atoms with Crippen molar-refractivity contribution in [1.29, 1.82) is 0 Å². The fraction of sp³-hybridized carbons (Fsp3) is 0.294. The first kappa shape index (κ1) is 15.0. The molecule has 110 valence electrons. The van der Waals surface area contributed by atoms with Crippen LogP contribution in [0.2, 0.25) is 0 Å². The van der Waals surface area contributed by atoms with Gasteiger partial charge in [0.2, 0.25) is 0 Å². The van der Waals surface area contributed by atoms with Crippen molar-refractivity contribution < 1.29 is 14.3 Å². The van der Waals surface area contributed by atoms with Crippen LogP contribution in [0.5, 0.6) is 0 Å². The summed E-state index contributed by atoms with van der Waals surface area (Å²) in [6.07, 6.45) is 1.71. The maximum Gasteiger partial charge on any atom is 0.340 e. The minimum atomic E-state index is -0.504. The molecule has 4 nitrogen and oxygen atoms in total. The van der Waals surface area contributed by atoms with E-state index in [1.54, 1.807) is 13.0 Å². The molecule has 1 aliphatic rings. The number of hydrogen-bond acceptors (Lipinski definition) is 3. The molecule has 1 amide bonds. The summed E-state index contributed by atoms with van der Waals surface area (Å²) >= 11 is 0. The standard InChI is InChI=1S/C17H19NO3/c1-10(2)13-7-5-12(6-8-13)9-14-15(17(20)21-4)11(3)18-16(14)19/h5-10H,1-4H3,(H,18,19)/b14-9-. The van der Waals surface area contributed by atoms with Crippen LogP contribution in [0.4, 0.5) is 0 Å². The molecule has 1 aromatic rings. The Balaban J connectivity index is 2.38. The monoisotopic (exact) mass is 285 g/mol. The Bertz CT molecular complexity index is 637. The highest BCUT2D eigenvalue weighted by molar-refractivity contribution is 6.16. The molecule has 0 bridgehead atoms. The summed E-state index contributed by atoms with van der Waals surface area (Å²) < 4.78 is 4.74. The quantitative estimate of drug-likeness (QED) is 0.686. The van der Waals surface area contributed by atoms with Crippen LogP contribution >= 0.6 is 0 Å². The Hall–Kier alpha value is -2.36. The van der Waals surface area contributed by atoms with E-state index < -0.39 is 5.97 Å². The maximum absolute atomic E-state index is 12.0. The van der Waals surface area contributed by atoms with Crippen molar-refractivity contribution in [3.63, 3.8) is 0 Å². The zero-order valence-electron chi connectivity index (χ0n) is 12.7. The van der Waals surface area contributed by atoms with Crippen molar-refractivity contribution in [2.24, 2.45) is 0 Å². The van der Waals surface area contributed by atoms with Gasteiger partial charge in [-0.3, -0.25) is 4.79 Å². The molecule has 1 N–H and O–H groups in total. The van der Waals surface area contributed by atoms with Crippen molar-refractivity contribution in [3.8, 4) is 0 Å². The Kier molecular flexibility index (Phi) is 4.26. The lowest BCUT2D eigenvalue weighted by Crippen LogP contribution is -2.15. The van der Waals surface area contributed by atoms with Crippen molar-refractivity contribution in [3.05, 3.63) is 52.2 Å². The molecule has 0 spiro atoms. The summed E-state index contributed by atoms with van der Waals surface area (Å²) in [5, 5.41) is 2.65. The third-order valence-corrected chi connectivity index (χ3v) is 3.49. The Labute approximate surface area is 124 Å². The van der Waals surface area contributed by atoms with Gasteiger partial charge in [-0.15, -0.1) is 0 Å². The lowest BCUT2D eigenvalue weighted by Gasteiger charge is -2.06. The van der Waals surface area contributed by atoms with Crippen LogP contribution in [-0.4, -0.2) is 19.0 Å². The van der Waals surface area contributed by atoms with E-state index in [0.717, 1.165) is 5.56 Å². The molecule has 0 saturated carbocycles. The van der Waals surface area contributed by atoms with E-state index in [9.17, 15) is 9.59 Å². The van der Waals surface area contributed by atoms with Crippen molar-refractivity contribution in [1.82, 2.24) is 5.32 Å². The highest BCUT2D eigenvalue weighted by Crippen LogP contribution is 2.25. The number of carbonyl (C=O) groups excluding carboxylic acids is 2. The summed E-state index contributed by atoms with van der Waals surface area (Å²) in [5.41, 5.74) is 3.28. The Morgan fingerprint density at radius 1 is 1.24 bits per heavy atom. The molecular formula is C17H19NO3. The van der Waals surface area contributed by atoms with E-state index in [1.165, 1.54) is 12.7 Å². The van der Waals surface area contributed by atoms with Crippen LogP contribution in [0.25, 0.3) is 6.08 Å². The van der Waals surface area contributed by atoms with Gasteiger partial charge in [-0.25, -0.2) is 4.79 Å². The topological polar surface area (TPSA) is 55.4 Å². The highest BCUT2D eigenvalue weighted by atomic mass is 16.5. The van der Waals surface area contributed by atoms with Gasteiger partial charge in [0.05, 0.1) is 18.3 Å². The molecule has 0 radical (unpaired) electrons. The molecular weight excluding hydrogens is 266 g/mol. The largest absolute Gasteiger partial charge is 0.465 e. The van der Waals surface area contributed by atoms with Crippen LogP contribution in [0.3, 0.4) is 0 Å². The first-order valence-electron chi connectivity index (χ1n) is 6.86. The first-order valence-corrected chi connectivity index (χ1v) is 6.86. The van der Waals surface area contributed by atoms with Gasteiger partial charge in [0.15, 0.2) is 0 Å². The average molecular weight is 285 g/mol. The SMILES string of the molecule is COC(=O)C1=C(C)NC(=O)/C1=C\c1ccc(C(C)C)cc1. The number of allylic oxidation sites excluding steroid dienone is 1. The minimum Gasteiger partial charge on any atom is -0.465 e. The van der Waals surface area contributed by atoms with Crippen LogP contribution in [0, 0.1) is 0 Å². The molecule has 0 aliphatic carbocycles. The van der Waals surface area contributed by atoms with Gasteiger partial charge in [-0.1, -0.05) is 38.1 Å². The fourth-order valence-corrected chi connectivity index (χ4v) is 2.26. The van der Waals surface area contributed by atoms with Gasteiger partial charge in [0.25, 0.3) is 5.91 Å². The molecule has 1 aliphatic heterocycles. The number of carbonyl (C=O) groups is 2. The fourth-order valence-electron chi connectivity index (χ4n) is 2.26. The minimum absolute atomic E-state index is 0.277. The molecule has 0 unspecified atom stereocenters. The second-order valence-corrected chi connectivity index (χ2v) is 5.33. The number of benzene rings is 1. The summed E-state index contributed by atoms with van der Waals surface area (Å²) in [4.78, 5) is 23.8. The lowest BCUT2D eigenvalue weighted by atomic mass is 9.99. The molecule has 21 heavy (non-hydrogen) atoms. The molecule has 2 rings (SSSR count). The summed E-state index contributed by atoms with van der Waals surface area (Å²) in [6, 6.07) is 7.94. The van der Waals surface area contributed by atoms with E-state index in [2.05, 4.69) is 19.2 Å². The van der Waals surface area contributed by atoms with Crippen molar-refractivity contribution in [2.45, 2.75) is 26.7 Å². The van der Waals surface area contributed by atoms with Crippen molar-refractivity contribution >= 4 is 18.0 Å². The first-order chi connectivity index (χ1) is 9.93. The summed E-state index contributed by atoms with van der Waals surface area (Å²) in [5.74, 6) is -0.328. The van der Waals surface area contributed by atoms with Gasteiger partial charge < -0.3 is 10.1 Å². The van der Waals surface area contributed by atoms with Gasteiger partial charge in [0, 0.05) is 5.70 Å². The predicted octanol–water partition coefficient (Wildman–Crippen LogP) is 2.77. The third-order valence-electron chi connectivity index (χ3n) is 3.49.